The normalized spacial score (nSPS) is 18.4. The van der Waals surface area contributed by atoms with Gasteiger partial charge in [0.1, 0.15) is 6.10 Å². The van der Waals surface area contributed by atoms with E-state index >= 15 is 0 Å². The maximum absolute atomic E-state index is 12.0. The summed E-state index contributed by atoms with van der Waals surface area (Å²) < 4.78 is 5.47. The molecule has 0 radical (unpaired) electrons. The first kappa shape index (κ1) is 13.7. The van der Waals surface area contributed by atoms with Gasteiger partial charge in [0, 0.05) is 18.7 Å². The van der Waals surface area contributed by atoms with Gasteiger partial charge in [-0.25, -0.2) is 0 Å². The molecule has 2 heterocycles. The van der Waals surface area contributed by atoms with E-state index in [1.807, 2.05) is 24.3 Å². The number of nitrogens with zero attached hydrogens (tertiary/aromatic N) is 3. The van der Waals surface area contributed by atoms with Gasteiger partial charge in [0.25, 0.3) is 0 Å². The molecule has 1 aliphatic heterocycles. The summed E-state index contributed by atoms with van der Waals surface area (Å²) in [4.78, 5) is 12.0. The molecule has 2 aromatic rings. The Labute approximate surface area is 122 Å². The van der Waals surface area contributed by atoms with E-state index < -0.39 is 0 Å². The third kappa shape index (κ3) is 3.43. The molecule has 7 heteroatoms. The Balaban J connectivity index is 1.60. The van der Waals surface area contributed by atoms with Crippen molar-refractivity contribution in [2.75, 3.05) is 6.61 Å². The number of carbonyl (C=O) groups is 1. The molecule has 1 aromatic carbocycles. The standard InChI is InChI=1S/C14H17N5O2/c20-14(12-6-1-2-7-21-12)15-9-10-4-3-5-11(8-10)13-16-18-19-17-13/h3-5,8,12H,1-2,6-7,9H2,(H,15,20)(H,16,17,18,19)/t12-/m0/s1. The van der Waals surface area contributed by atoms with Crippen molar-refractivity contribution < 1.29 is 9.53 Å². The lowest BCUT2D eigenvalue weighted by Crippen LogP contribution is -2.37. The Hall–Kier alpha value is -2.28. The lowest BCUT2D eigenvalue weighted by Gasteiger charge is -2.21. The number of carbonyl (C=O) groups excluding carboxylic acids is 1. The molecule has 21 heavy (non-hydrogen) atoms. The van der Waals surface area contributed by atoms with Gasteiger partial charge in [-0.05, 0) is 36.1 Å². The zero-order valence-electron chi connectivity index (χ0n) is 11.6. The number of hydrogen-bond donors (Lipinski definition) is 2. The zero-order chi connectivity index (χ0) is 14.5. The first-order chi connectivity index (χ1) is 10.3. The van der Waals surface area contributed by atoms with Crippen LogP contribution in [-0.2, 0) is 16.1 Å². The number of H-pyrrole nitrogens is 1. The number of aromatic amines is 1. The Morgan fingerprint density at radius 3 is 3.14 bits per heavy atom. The van der Waals surface area contributed by atoms with E-state index in [0.29, 0.717) is 19.0 Å². The van der Waals surface area contributed by atoms with Gasteiger partial charge in [0.2, 0.25) is 11.7 Å². The molecule has 1 saturated heterocycles. The summed E-state index contributed by atoms with van der Waals surface area (Å²) >= 11 is 0. The third-order valence-corrected chi connectivity index (χ3v) is 3.47. The highest BCUT2D eigenvalue weighted by Crippen LogP contribution is 2.16. The summed E-state index contributed by atoms with van der Waals surface area (Å²) in [6, 6.07) is 7.70. The van der Waals surface area contributed by atoms with Crippen LogP contribution >= 0.6 is 0 Å². The Morgan fingerprint density at radius 2 is 2.38 bits per heavy atom. The van der Waals surface area contributed by atoms with Crippen LogP contribution in [0.1, 0.15) is 24.8 Å². The third-order valence-electron chi connectivity index (χ3n) is 3.47. The van der Waals surface area contributed by atoms with Gasteiger partial charge in [0.05, 0.1) is 0 Å². The lowest BCUT2D eigenvalue weighted by atomic mass is 10.1. The maximum Gasteiger partial charge on any atom is 0.249 e. The number of nitrogens with one attached hydrogen (secondary N) is 2. The fourth-order valence-corrected chi connectivity index (χ4v) is 2.35. The number of aromatic nitrogens is 4. The SMILES string of the molecule is O=C(NCc1cccc(-c2nn[nH]n2)c1)[C@@H]1CCCCO1. The first-order valence-corrected chi connectivity index (χ1v) is 7.05. The summed E-state index contributed by atoms with van der Waals surface area (Å²) in [5.74, 6) is 0.499. The average molecular weight is 287 g/mol. The van der Waals surface area contributed by atoms with Gasteiger partial charge in [-0.2, -0.15) is 5.21 Å². The quantitative estimate of drug-likeness (QED) is 0.877. The Bertz CT molecular complexity index is 593. The van der Waals surface area contributed by atoms with Crippen molar-refractivity contribution in [3.8, 4) is 11.4 Å². The number of ether oxygens (including phenoxy) is 1. The smallest absolute Gasteiger partial charge is 0.249 e. The van der Waals surface area contributed by atoms with Crippen LogP contribution in [0.4, 0.5) is 0 Å². The van der Waals surface area contributed by atoms with E-state index in [-0.39, 0.29) is 12.0 Å². The number of tetrazole rings is 1. The fraction of sp³-hybridized carbons (Fsp3) is 0.429. The van der Waals surface area contributed by atoms with Gasteiger partial charge in [-0.15, -0.1) is 10.2 Å². The van der Waals surface area contributed by atoms with E-state index in [2.05, 4.69) is 25.9 Å². The number of amides is 1. The van der Waals surface area contributed by atoms with Crippen LogP contribution in [-0.4, -0.2) is 39.2 Å². The molecule has 1 aliphatic rings. The summed E-state index contributed by atoms with van der Waals surface area (Å²) in [5, 5.41) is 16.8. The first-order valence-electron chi connectivity index (χ1n) is 7.05. The summed E-state index contributed by atoms with van der Waals surface area (Å²) in [5.41, 5.74) is 1.85. The van der Waals surface area contributed by atoms with Crippen molar-refractivity contribution in [3.63, 3.8) is 0 Å². The van der Waals surface area contributed by atoms with E-state index in [9.17, 15) is 4.79 Å². The topological polar surface area (TPSA) is 92.8 Å². The largest absolute Gasteiger partial charge is 0.368 e. The van der Waals surface area contributed by atoms with Crippen LogP contribution in [0.15, 0.2) is 24.3 Å². The number of benzene rings is 1. The predicted molar refractivity (Wildman–Crippen MR) is 75.1 cm³/mol. The molecule has 0 unspecified atom stereocenters. The van der Waals surface area contributed by atoms with Crippen LogP contribution in [0.25, 0.3) is 11.4 Å². The van der Waals surface area contributed by atoms with Crippen LogP contribution in [0.2, 0.25) is 0 Å². The molecule has 2 N–H and O–H groups in total. The van der Waals surface area contributed by atoms with Gasteiger partial charge in [0.15, 0.2) is 0 Å². The van der Waals surface area contributed by atoms with Crippen molar-refractivity contribution in [3.05, 3.63) is 29.8 Å². The summed E-state index contributed by atoms with van der Waals surface area (Å²) in [6.45, 7) is 1.13. The van der Waals surface area contributed by atoms with Gasteiger partial charge < -0.3 is 10.1 Å². The number of rotatable bonds is 4. The van der Waals surface area contributed by atoms with Crippen molar-refractivity contribution in [1.82, 2.24) is 25.9 Å². The molecule has 110 valence electrons. The van der Waals surface area contributed by atoms with Gasteiger partial charge >= 0.3 is 0 Å². The van der Waals surface area contributed by atoms with Crippen molar-refractivity contribution in [2.24, 2.45) is 0 Å². The van der Waals surface area contributed by atoms with Crippen LogP contribution in [0.3, 0.4) is 0 Å². The van der Waals surface area contributed by atoms with Crippen LogP contribution in [0.5, 0.6) is 0 Å². The minimum absolute atomic E-state index is 0.0420. The van der Waals surface area contributed by atoms with Crippen molar-refractivity contribution >= 4 is 5.91 Å². The fourth-order valence-electron chi connectivity index (χ4n) is 2.35. The molecule has 7 nitrogen and oxygen atoms in total. The molecular formula is C14H17N5O2. The Kier molecular flexibility index (Phi) is 4.20. The lowest BCUT2D eigenvalue weighted by molar-refractivity contribution is -0.135. The minimum Gasteiger partial charge on any atom is -0.368 e. The second-order valence-electron chi connectivity index (χ2n) is 5.01. The van der Waals surface area contributed by atoms with Crippen LogP contribution in [0, 0.1) is 0 Å². The molecule has 0 bridgehead atoms. The molecule has 1 atom stereocenters. The van der Waals surface area contributed by atoms with Crippen molar-refractivity contribution in [1.29, 1.82) is 0 Å². The molecule has 0 spiro atoms. The van der Waals surface area contributed by atoms with E-state index in [4.69, 9.17) is 4.74 Å². The summed E-state index contributed by atoms with van der Waals surface area (Å²) in [7, 11) is 0. The molecule has 1 amide bonds. The van der Waals surface area contributed by atoms with Gasteiger partial charge in [-0.1, -0.05) is 18.2 Å². The monoisotopic (exact) mass is 287 g/mol. The van der Waals surface area contributed by atoms with Crippen molar-refractivity contribution in [2.45, 2.75) is 31.9 Å². The maximum atomic E-state index is 12.0. The van der Waals surface area contributed by atoms with E-state index in [1.54, 1.807) is 0 Å². The molecule has 1 aromatic heterocycles. The minimum atomic E-state index is -0.306. The molecule has 1 fully saturated rings. The van der Waals surface area contributed by atoms with Gasteiger partial charge in [-0.3, -0.25) is 4.79 Å². The highest BCUT2D eigenvalue weighted by Gasteiger charge is 2.21. The molecule has 0 aliphatic carbocycles. The highest BCUT2D eigenvalue weighted by molar-refractivity contribution is 5.80. The molecule has 3 rings (SSSR count). The van der Waals surface area contributed by atoms with Crippen LogP contribution < -0.4 is 5.32 Å². The Morgan fingerprint density at radius 1 is 1.43 bits per heavy atom. The highest BCUT2D eigenvalue weighted by atomic mass is 16.5. The average Bonchev–Trinajstić information content (AvgIpc) is 3.08. The second-order valence-corrected chi connectivity index (χ2v) is 5.01. The second kappa shape index (κ2) is 6.45. The van der Waals surface area contributed by atoms with E-state index in [0.717, 1.165) is 30.4 Å². The number of hydrogen-bond acceptors (Lipinski definition) is 5. The predicted octanol–water partition coefficient (Wildman–Crippen LogP) is 1.05. The van der Waals surface area contributed by atoms with E-state index in [1.165, 1.54) is 0 Å². The molecule has 0 saturated carbocycles. The zero-order valence-corrected chi connectivity index (χ0v) is 11.6. The summed E-state index contributed by atoms with van der Waals surface area (Å²) in [6.07, 6.45) is 2.58. The molecular weight excluding hydrogens is 270 g/mol.